The van der Waals surface area contributed by atoms with Gasteiger partial charge >= 0.3 is 92.9 Å². The first-order valence-electron chi connectivity index (χ1n) is 5.35. The molecule has 0 bridgehead atoms. The van der Waals surface area contributed by atoms with Crippen LogP contribution in [0.1, 0.15) is 46.0 Å². The molecule has 0 spiro atoms. The van der Waals surface area contributed by atoms with Crippen LogP contribution in [-0.4, -0.2) is 0 Å². The monoisotopic (exact) mass is 209 g/mol. The Morgan fingerprint density at radius 2 is 2.08 bits per heavy atom. The predicted octanol–water partition coefficient (Wildman–Crippen LogP) is 3.93. The van der Waals surface area contributed by atoms with E-state index in [0.717, 1.165) is 0 Å². The van der Waals surface area contributed by atoms with Gasteiger partial charge in [-0.2, -0.15) is 0 Å². The van der Waals surface area contributed by atoms with Gasteiger partial charge in [0.15, 0.2) is 0 Å². The Labute approximate surface area is 92.9 Å². The van der Waals surface area contributed by atoms with Crippen molar-refractivity contribution in [3.63, 3.8) is 0 Å². The van der Waals surface area contributed by atoms with Gasteiger partial charge in [0.25, 0.3) is 0 Å². The third kappa shape index (κ3) is 1.49. The molecule has 1 atom stereocenters. The van der Waals surface area contributed by atoms with E-state index in [1.165, 1.54) is 32.1 Å². The van der Waals surface area contributed by atoms with Crippen LogP contribution in [0.3, 0.4) is 0 Å². The van der Waals surface area contributed by atoms with Gasteiger partial charge < -0.3 is 0 Å². The summed E-state index contributed by atoms with van der Waals surface area (Å²) in [6.45, 7) is 4.61. The Morgan fingerprint density at radius 3 is 2.77 bits per heavy atom. The van der Waals surface area contributed by atoms with Gasteiger partial charge in [0.2, 0.25) is 0 Å². The van der Waals surface area contributed by atoms with Gasteiger partial charge in [0.05, 0.1) is 0 Å². The van der Waals surface area contributed by atoms with E-state index in [1.807, 2.05) is 0 Å². The van der Waals surface area contributed by atoms with Crippen LogP contribution in [0.5, 0.6) is 0 Å². The third-order valence-electron chi connectivity index (χ3n) is 3.50. The molecule has 1 heteroatoms. The van der Waals surface area contributed by atoms with Crippen molar-refractivity contribution in [3.8, 4) is 0 Å². The van der Waals surface area contributed by atoms with Crippen LogP contribution >= 0.6 is 0 Å². The molecule has 2 aliphatic rings. The summed E-state index contributed by atoms with van der Waals surface area (Å²) in [7, 11) is 0. The zero-order valence-corrected chi connectivity index (χ0v) is 10.2. The van der Waals surface area contributed by atoms with Crippen LogP contribution in [0.15, 0.2) is 22.8 Å². The Hall–Kier alpha value is 0.194. The third-order valence-corrected chi connectivity index (χ3v) is 4.75. The van der Waals surface area contributed by atoms with E-state index >= 15 is 0 Å². The van der Waals surface area contributed by atoms with Crippen LogP contribution in [0.25, 0.3) is 0 Å². The van der Waals surface area contributed by atoms with Crippen molar-refractivity contribution >= 4 is 0 Å². The quantitative estimate of drug-likeness (QED) is 0.574. The first-order valence-corrected chi connectivity index (χ1v) is 6.13. The molecule has 0 N–H and O–H groups in total. The van der Waals surface area contributed by atoms with Gasteiger partial charge in [-0.3, -0.25) is 0 Å². The molecule has 0 heterocycles. The van der Waals surface area contributed by atoms with Gasteiger partial charge in [0, 0.05) is 0 Å². The summed E-state index contributed by atoms with van der Waals surface area (Å²) in [6.07, 6.45) is 9.28. The van der Waals surface area contributed by atoms with Crippen molar-refractivity contribution in [2.45, 2.75) is 49.7 Å². The molecule has 0 amide bonds. The van der Waals surface area contributed by atoms with E-state index in [0.29, 0.717) is 3.72 Å². The fraction of sp³-hybridized carbons (Fsp3) is 0.667. The summed E-state index contributed by atoms with van der Waals surface area (Å²) in [5, 5.41) is 0. The molecule has 0 aromatic carbocycles. The molecule has 2 aliphatic carbocycles. The topological polar surface area (TPSA) is 0 Å². The summed E-state index contributed by atoms with van der Waals surface area (Å²) >= 11 is 2.41. The van der Waals surface area contributed by atoms with Crippen molar-refractivity contribution < 1.29 is 20.4 Å². The van der Waals surface area contributed by atoms with Crippen LogP contribution in [0.2, 0.25) is 3.72 Å². The molecule has 0 saturated heterocycles. The van der Waals surface area contributed by atoms with Gasteiger partial charge in [-0.25, -0.2) is 0 Å². The van der Waals surface area contributed by atoms with Crippen molar-refractivity contribution in [1.82, 2.24) is 0 Å². The first-order chi connectivity index (χ1) is 6.17. The molecule has 0 radical (unpaired) electrons. The van der Waals surface area contributed by atoms with E-state index in [-0.39, 0.29) is 0 Å². The summed E-state index contributed by atoms with van der Waals surface area (Å²) in [5.74, 6) is 0. The Balaban J connectivity index is 2.41. The average Bonchev–Trinajstić information content (AvgIpc) is 2.42. The zero-order valence-electron chi connectivity index (χ0n) is 8.61. The van der Waals surface area contributed by atoms with Crippen LogP contribution < -0.4 is 0 Å². The molecular weight excluding hydrogens is 192 g/mol. The number of hydrogen-bond donors (Lipinski definition) is 0. The van der Waals surface area contributed by atoms with Crippen LogP contribution in [0.4, 0.5) is 0 Å². The first kappa shape index (κ1) is 9.74. The van der Waals surface area contributed by atoms with Gasteiger partial charge in [-0.1, -0.05) is 0 Å². The standard InChI is InChI=1S/C12H17.Ti/c1-3-10-8-9(2)11-6-4-5-7-12(10)11;/h8H,3-7H2,1-2H3;. The van der Waals surface area contributed by atoms with Gasteiger partial charge in [-0.05, 0) is 0 Å². The normalized spacial score (nSPS) is 33.2. The second-order valence-corrected chi connectivity index (χ2v) is 5.71. The van der Waals surface area contributed by atoms with Crippen molar-refractivity contribution in [2.75, 3.05) is 0 Å². The van der Waals surface area contributed by atoms with E-state index in [1.54, 1.807) is 16.7 Å². The molecule has 69 valence electrons. The maximum absolute atomic E-state index is 2.50. The number of hydrogen-bond acceptors (Lipinski definition) is 0. The van der Waals surface area contributed by atoms with Crippen LogP contribution in [0, 0.1) is 0 Å². The van der Waals surface area contributed by atoms with E-state index in [9.17, 15) is 0 Å². The zero-order chi connectivity index (χ0) is 9.47. The van der Waals surface area contributed by atoms with Gasteiger partial charge in [-0.15, -0.1) is 0 Å². The van der Waals surface area contributed by atoms with E-state index in [2.05, 4.69) is 40.4 Å². The average molecular weight is 209 g/mol. The fourth-order valence-corrected chi connectivity index (χ4v) is 3.46. The Kier molecular flexibility index (Phi) is 2.55. The molecule has 0 fully saturated rings. The number of allylic oxidation sites excluding steroid dienone is 4. The molecule has 0 saturated carbocycles. The summed E-state index contributed by atoms with van der Waals surface area (Å²) < 4.78 is 0.417. The fourth-order valence-electron chi connectivity index (χ4n) is 2.69. The van der Waals surface area contributed by atoms with E-state index < -0.39 is 0 Å². The summed E-state index contributed by atoms with van der Waals surface area (Å²) in [6, 6.07) is 0. The molecule has 13 heavy (non-hydrogen) atoms. The molecule has 0 aliphatic heterocycles. The maximum atomic E-state index is 2.50. The van der Waals surface area contributed by atoms with Gasteiger partial charge in [0.1, 0.15) is 0 Å². The van der Waals surface area contributed by atoms with Crippen LogP contribution in [-0.2, 0) is 20.4 Å². The SMILES string of the molecule is CC[C]1([Ti])C=C(C)C2=C1CCCC2. The summed E-state index contributed by atoms with van der Waals surface area (Å²) in [5.41, 5.74) is 5.04. The molecular formula is C12H17Ti. The summed E-state index contributed by atoms with van der Waals surface area (Å²) in [4.78, 5) is 0. The van der Waals surface area contributed by atoms with Crippen molar-refractivity contribution in [3.05, 3.63) is 22.8 Å². The Morgan fingerprint density at radius 1 is 1.38 bits per heavy atom. The predicted molar refractivity (Wildman–Crippen MR) is 52.2 cm³/mol. The van der Waals surface area contributed by atoms with E-state index in [4.69, 9.17) is 0 Å². The second-order valence-electron chi connectivity index (χ2n) is 4.32. The molecule has 0 aromatic rings. The minimum absolute atomic E-state index is 0.417. The molecule has 0 aromatic heterocycles. The van der Waals surface area contributed by atoms with Crippen molar-refractivity contribution in [2.24, 2.45) is 0 Å². The second kappa shape index (κ2) is 3.40. The number of rotatable bonds is 1. The minimum atomic E-state index is 0.417. The molecule has 0 nitrogen and oxygen atoms in total. The van der Waals surface area contributed by atoms with Crippen molar-refractivity contribution in [1.29, 1.82) is 0 Å². The molecule has 1 unspecified atom stereocenters. The molecule has 2 rings (SSSR count). The Bertz CT molecular complexity index is 285.